The Balaban J connectivity index is 1.51. The van der Waals surface area contributed by atoms with E-state index in [2.05, 4.69) is 77.2 Å². The van der Waals surface area contributed by atoms with Gasteiger partial charge in [-0.2, -0.15) is 0 Å². The summed E-state index contributed by atoms with van der Waals surface area (Å²) in [4.78, 5) is 4.60. The molecule has 4 heteroatoms. The lowest BCUT2D eigenvalue weighted by Crippen LogP contribution is -2.31. The van der Waals surface area contributed by atoms with E-state index in [1.807, 2.05) is 13.0 Å². The average Bonchev–Trinajstić information content (AvgIpc) is 3.21. The molecule has 4 aromatic rings. The molecule has 5 rings (SSSR count). The summed E-state index contributed by atoms with van der Waals surface area (Å²) < 4.78 is 0. The highest BCUT2D eigenvalue weighted by Gasteiger charge is 2.23. The van der Waals surface area contributed by atoms with E-state index in [1.54, 1.807) is 11.3 Å². The maximum Gasteiger partial charge on any atom is 0.0901 e. The number of aromatic nitrogens is 1. The third-order valence-electron chi connectivity index (χ3n) is 5.99. The van der Waals surface area contributed by atoms with E-state index < -0.39 is 0 Å². The lowest BCUT2D eigenvalue weighted by atomic mass is 9.87. The number of hydrogen-bond donors (Lipinski definition) is 2. The van der Waals surface area contributed by atoms with Crippen LogP contribution < -0.4 is 11.1 Å². The van der Waals surface area contributed by atoms with Crippen molar-refractivity contribution in [3.63, 3.8) is 0 Å². The molecular weight excluding hydrogens is 386 g/mol. The largest absolute Gasteiger partial charge is 0.398 e. The lowest BCUT2D eigenvalue weighted by Gasteiger charge is -2.29. The molecule has 0 radical (unpaired) electrons. The zero-order chi connectivity index (χ0) is 20.7. The standard InChI is InChI=1S/C26H25N3S/c1-16-6-7-20(26-22-4-3-5-24(27)21(22)12-13-28-26)14-23(16)18-8-10-19(11-9-18)25-15-30-17(2)29-25/h3-11,14-15,26,28H,12-13,27H2,1-2H3. The maximum atomic E-state index is 6.26. The van der Waals surface area contributed by atoms with Crippen molar-refractivity contribution in [3.8, 4) is 22.4 Å². The molecular formula is C26H25N3S. The van der Waals surface area contributed by atoms with Gasteiger partial charge in [-0.15, -0.1) is 11.3 Å². The molecule has 1 aliphatic heterocycles. The van der Waals surface area contributed by atoms with E-state index in [1.165, 1.54) is 33.4 Å². The molecule has 30 heavy (non-hydrogen) atoms. The number of nitrogens with zero attached hydrogens (tertiary/aromatic N) is 1. The van der Waals surface area contributed by atoms with Gasteiger partial charge in [-0.3, -0.25) is 0 Å². The third kappa shape index (κ3) is 3.42. The summed E-state index contributed by atoms with van der Waals surface area (Å²) in [6.07, 6.45) is 0.981. The molecule has 3 nitrogen and oxygen atoms in total. The van der Waals surface area contributed by atoms with Crippen LogP contribution in [0.2, 0.25) is 0 Å². The second-order valence-electron chi connectivity index (χ2n) is 7.96. The van der Waals surface area contributed by atoms with Gasteiger partial charge in [0.05, 0.1) is 16.7 Å². The van der Waals surface area contributed by atoms with Crippen LogP contribution in [0, 0.1) is 13.8 Å². The predicted octanol–water partition coefficient (Wildman–Crippen LogP) is 5.91. The van der Waals surface area contributed by atoms with Crippen LogP contribution in [-0.4, -0.2) is 11.5 Å². The Kier molecular flexibility index (Phi) is 4.89. The zero-order valence-electron chi connectivity index (χ0n) is 17.3. The number of nitrogens with one attached hydrogen (secondary N) is 1. The molecule has 2 heterocycles. The number of nitrogens with two attached hydrogens (primary N) is 1. The van der Waals surface area contributed by atoms with Crippen molar-refractivity contribution < 1.29 is 0 Å². The topological polar surface area (TPSA) is 50.9 Å². The molecule has 0 saturated heterocycles. The van der Waals surface area contributed by atoms with Gasteiger partial charge in [0, 0.05) is 23.2 Å². The Morgan fingerprint density at radius 3 is 2.57 bits per heavy atom. The number of fused-ring (bicyclic) bond motifs is 1. The van der Waals surface area contributed by atoms with Crippen LogP contribution in [0.5, 0.6) is 0 Å². The molecule has 1 unspecified atom stereocenters. The summed E-state index contributed by atoms with van der Waals surface area (Å²) in [6, 6.07) is 22.0. The van der Waals surface area contributed by atoms with E-state index >= 15 is 0 Å². The maximum absolute atomic E-state index is 6.26. The number of hydrogen-bond acceptors (Lipinski definition) is 4. The summed E-state index contributed by atoms with van der Waals surface area (Å²) in [5.74, 6) is 0. The van der Waals surface area contributed by atoms with Crippen LogP contribution >= 0.6 is 11.3 Å². The van der Waals surface area contributed by atoms with Crippen LogP contribution in [0.4, 0.5) is 5.69 Å². The van der Waals surface area contributed by atoms with Crippen LogP contribution in [0.25, 0.3) is 22.4 Å². The number of aryl methyl sites for hydroxylation is 2. The van der Waals surface area contributed by atoms with E-state index in [-0.39, 0.29) is 6.04 Å². The summed E-state index contributed by atoms with van der Waals surface area (Å²) in [6.45, 7) is 5.16. The molecule has 1 aromatic heterocycles. The zero-order valence-corrected chi connectivity index (χ0v) is 18.1. The van der Waals surface area contributed by atoms with E-state index in [4.69, 9.17) is 5.73 Å². The Bertz CT molecular complexity index is 1210. The number of rotatable bonds is 3. The van der Waals surface area contributed by atoms with Gasteiger partial charge in [-0.05, 0) is 65.8 Å². The first-order valence-electron chi connectivity index (χ1n) is 10.3. The molecule has 0 aliphatic carbocycles. The average molecular weight is 412 g/mol. The van der Waals surface area contributed by atoms with Crippen molar-refractivity contribution >= 4 is 17.0 Å². The van der Waals surface area contributed by atoms with Gasteiger partial charge >= 0.3 is 0 Å². The Morgan fingerprint density at radius 2 is 1.80 bits per heavy atom. The van der Waals surface area contributed by atoms with Crippen molar-refractivity contribution in [2.75, 3.05) is 12.3 Å². The molecule has 3 aromatic carbocycles. The summed E-state index contributed by atoms with van der Waals surface area (Å²) in [5, 5.41) is 6.90. The quantitative estimate of drug-likeness (QED) is 0.412. The van der Waals surface area contributed by atoms with Crippen molar-refractivity contribution in [3.05, 3.63) is 93.3 Å². The fourth-order valence-electron chi connectivity index (χ4n) is 4.38. The molecule has 150 valence electrons. The van der Waals surface area contributed by atoms with Crippen molar-refractivity contribution in [2.45, 2.75) is 26.3 Å². The van der Waals surface area contributed by atoms with Gasteiger partial charge in [0.2, 0.25) is 0 Å². The molecule has 1 aliphatic rings. The minimum Gasteiger partial charge on any atom is -0.398 e. The Hall–Kier alpha value is -2.95. The smallest absolute Gasteiger partial charge is 0.0901 e. The van der Waals surface area contributed by atoms with Crippen molar-refractivity contribution in [1.29, 1.82) is 0 Å². The lowest BCUT2D eigenvalue weighted by molar-refractivity contribution is 0.569. The van der Waals surface area contributed by atoms with Gasteiger partial charge in [0.15, 0.2) is 0 Å². The van der Waals surface area contributed by atoms with Crippen LogP contribution in [-0.2, 0) is 6.42 Å². The fraction of sp³-hybridized carbons (Fsp3) is 0.192. The second kappa shape index (κ2) is 7.71. The predicted molar refractivity (Wildman–Crippen MR) is 127 cm³/mol. The van der Waals surface area contributed by atoms with E-state index in [0.29, 0.717) is 0 Å². The van der Waals surface area contributed by atoms with Gasteiger partial charge in [-0.1, -0.05) is 48.5 Å². The van der Waals surface area contributed by atoms with E-state index in [0.717, 1.165) is 34.9 Å². The summed E-state index contributed by atoms with van der Waals surface area (Å²) in [5.41, 5.74) is 17.0. The number of thiazole rings is 1. The highest BCUT2D eigenvalue weighted by molar-refractivity contribution is 7.09. The van der Waals surface area contributed by atoms with E-state index in [9.17, 15) is 0 Å². The van der Waals surface area contributed by atoms with Crippen molar-refractivity contribution in [1.82, 2.24) is 10.3 Å². The van der Waals surface area contributed by atoms with Crippen LogP contribution in [0.15, 0.2) is 66.0 Å². The normalized spacial score (nSPS) is 15.7. The highest BCUT2D eigenvalue weighted by atomic mass is 32.1. The molecule has 0 amide bonds. The van der Waals surface area contributed by atoms with Gasteiger partial charge in [0.1, 0.15) is 0 Å². The Labute approximate surface area is 181 Å². The van der Waals surface area contributed by atoms with Crippen LogP contribution in [0.1, 0.15) is 33.3 Å². The molecule has 0 fully saturated rings. The molecule has 0 bridgehead atoms. The highest BCUT2D eigenvalue weighted by Crippen LogP contribution is 2.35. The first-order valence-corrected chi connectivity index (χ1v) is 11.2. The number of nitrogen functional groups attached to an aromatic ring is 1. The third-order valence-corrected chi connectivity index (χ3v) is 6.76. The minimum atomic E-state index is 0.175. The minimum absolute atomic E-state index is 0.175. The van der Waals surface area contributed by atoms with Gasteiger partial charge < -0.3 is 11.1 Å². The van der Waals surface area contributed by atoms with Gasteiger partial charge in [0.25, 0.3) is 0 Å². The second-order valence-corrected chi connectivity index (χ2v) is 9.02. The summed E-state index contributed by atoms with van der Waals surface area (Å²) in [7, 11) is 0. The molecule has 0 saturated carbocycles. The molecule has 1 atom stereocenters. The Morgan fingerprint density at radius 1 is 1.00 bits per heavy atom. The monoisotopic (exact) mass is 411 g/mol. The summed E-state index contributed by atoms with van der Waals surface area (Å²) >= 11 is 1.69. The number of anilines is 1. The first kappa shape index (κ1) is 19.0. The number of benzene rings is 3. The van der Waals surface area contributed by atoms with Crippen molar-refractivity contribution in [2.24, 2.45) is 0 Å². The fourth-order valence-corrected chi connectivity index (χ4v) is 5.00. The first-order chi connectivity index (χ1) is 14.6. The van der Waals surface area contributed by atoms with Gasteiger partial charge in [-0.25, -0.2) is 4.98 Å². The molecule has 3 N–H and O–H groups in total. The SMILES string of the molecule is Cc1nc(-c2ccc(-c3cc(C4NCCc5c(N)cccc54)ccc3C)cc2)cs1. The van der Waals surface area contributed by atoms with Crippen LogP contribution in [0.3, 0.4) is 0 Å². The molecule has 0 spiro atoms.